The van der Waals surface area contributed by atoms with Crippen molar-refractivity contribution in [2.75, 3.05) is 26.3 Å². The second kappa shape index (κ2) is 6.31. The molecule has 1 aliphatic rings. The van der Waals surface area contributed by atoms with E-state index in [1.54, 1.807) is 0 Å². The molecule has 0 aromatic heterocycles. The number of amides is 1. The van der Waals surface area contributed by atoms with E-state index < -0.39 is 5.60 Å². The average Bonchev–Trinajstić information content (AvgIpc) is 2.34. The molecule has 1 rings (SSSR count). The van der Waals surface area contributed by atoms with Crippen molar-refractivity contribution in [2.24, 2.45) is 16.6 Å². The van der Waals surface area contributed by atoms with Crippen LogP contribution in [0.15, 0.2) is 0 Å². The quantitative estimate of drug-likeness (QED) is 0.831. The van der Waals surface area contributed by atoms with E-state index in [9.17, 15) is 4.79 Å². The van der Waals surface area contributed by atoms with Crippen LogP contribution < -0.4 is 11.1 Å². The Hall–Kier alpha value is -0.810. The zero-order valence-electron chi connectivity index (χ0n) is 13.5. The Kier molecular flexibility index (Phi) is 5.44. The van der Waals surface area contributed by atoms with Gasteiger partial charge in [-0.2, -0.15) is 0 Å². The third kappa shape index (κ3) is 4.35. The van der Waals surface area contributed by atoms with Gasteiger partial charge in [0.1, 0.15) is 5.60 Å². The number of carbonyl (C=O) groups is 1. The predicted molar refractivity (Wildman–Crippen MR) is 79.6 cm³/mol. The molecular formula is C15H30N2O3. The number of rotatable bonds is 4. The van der Waals surface area contributed by atoms with Crippen LogP contribution >= 0.6 is 0 Å². The smallest absolute Gasteiger partial charge is 0.407 e. The van der Waals surface area contributed by atoms with Gasteiger partial charge < -0.3 is 20.5 Å². The molecule has 1 saturated heterocycles. The Morgan fingerprint density at radius 1 is 1.30 bits per heavy atom. The maximum atomic E-state index is 11.8. The summed E-state index contributed by atoms with van der Waals surface area (Å²) in [6, 6.07) is 0. The molecule has 0 radical (unpaired) electrons. The summed E-state index contributed by atoms with van der Waals surface area (Å²) in [5.41, 5.74) is 5.44. The summed E-state index contributed by atoms with van der Waals surface area (Å²) in [7, 11) is 0. The van der Waals surface area contributed by atoms with Crippen molar-refractivity contribution in [3.05, 3.63) is 0 Å². The van der Waals surface area contributed by atoms with E-state index in [0.717, 1.165) is 26.1 Å². The van der Waals surface area contributed by atoms with Crippen LogP contribution in [0.3, 0.4) is 0 Å². The molecule has 5 heteroatoms. The highest BCUT2D eigenvalue weighted by Crippen LogP contribution is 2.45. The minimum absolute atomic E-state index is 0.0784. The van der Waals surface area contributed by atoms with Crippen LogP contribution in [0.5, 0.6) is 0 Å². The van der Waals surface area contributed by atoms with Crippen molar-refractivity contribution >= 4 is 6.09 Å². The van der Waals surface area contributed by atoms with Crippen LogP contribution in [0.4, 0.5) is 4.79 Å². The lowest BCUT2D eigenvalue weighted by Crippen LogP contribution is -2.53. The molecule has 1 heterocycles. The van der Waals surface area contributed by atoms with Gasteiger partial charge in [0.2, 0.25) is 0 Å². The fraction of sp³-hybridized carbons (Fsp3) is 0.933. The van der Waals surface area contributed by atoms with Gasteiger partial charge in [-0.1, -0.05) is 13.8 Å². The molecular weight excluding hydrogens is 256 g/mol. The van der Waals surface area contributed by atoms with Gasteiger partial charge >= 0.3 is 6.09 Å². The molecule has 0 aliphatic carbocycles. The summed E-state index contributed by atoms with van der Waals surface area (Å²) in [6.45, 7) is 12.5. The summed E-state index contributed by atoms with van der Waals surface area (Å²) in [5, 5.41) is 2.87. The summed E-state index contributed by atoms with van der Waals surface area (Å²) >= 11 is 0. The number of nitrogens with two attached hydrogens (primary N) is 1. The minimum Gasteiger partial charge on any atom is -0.444 e. The van der Waals surface area contributed by atoms with Crippen LogP contribution in [0.1, 0.15) is 47.5 Å². The van der Waals surface area contributed by atoms with E-state index in [4.69, 9.17) is 15.2 Å². The van der Waals surface area contributed by atoms with Crippen LogP contribution in [-0.2, 0) is 9.47 Å². The lowest BCUT2D eigenvalue weighted by Gasteiger charge is -2.48. The number of nitrogens with one attached hydrogen (secondary N) is 1. The third-order valence-corrected chi connectivity index (χ3v) is 4.53. The molecule has 20 heavy (non-hydrogen) atoms. The van der Waals surface area contributed by atoms with E-state index in [1.807, 2.05) is 20.8 Å². The molecule has 0 aromatic carbocycles. The van der Waals surface area contributed by atoms with Gasteiger partial charge in [0.25, 0.3) is 0 Å². The van der Waals surface area contributed by atoms with Gasteiger partial charge in [-0.15, -0.1) is 0 Å². The fourth-order valence-corrected chi connectivity index (χ4v) is 2.54. The highest BCUT2D eigenvalue weighted by molar-refractivity contribution is 5.67. The van der Waals surface area contributed by atoms with Crippen LogP contribution in [0.25, 0.3) is 0 Å². The van der Waals surface area contributed by atoms with E-state index in [-0.39, 0.29) is 16.9 Å². The number of alkyl carbamates (subject to hydrolysis) is 1. The molecule has 3 N–H and O–H groups in total. The molecule has 0 aromatic rings. The molecule has 1 atom stereocenters. The number of ether oxygens (including phenoxy) is 2. The second-order valence-corrected chi connectivity index (χ2v) is 7.29. The van der Waals surface area contributed by atoms with Gasteiger partial charge in [-0.3, -0.25) is 0 Å². The number of hydrogen-bond acceptors (Lipinski definition) is 4. The molecule has 1 amide bonds. The van der Waals surface area contributed by atoms with Crippen LogP contribution in [-0.4, -0.2) is 38.0 Å². The van der Waals surface area contributed by atoms with Crippen molar-refractivity contribution in [2.45, 2.75) is 53.1 Å². The monoisotopic (exact) mass is 286 g/mol. The van der Waals surface area contributed by atoms with Gasteiger partial charge in [-0.25, -0.2) is 4.79 Å². The second-order valence-electron chi connectivity index (χ2n) is 7.29. The van der Waals surface area contributed by atoms with Crippen molar-refractivity contribution in [3.63, 3.8) is 0 Å². The lowest BCUT2D eigenvalue weighted by molar-refractivity contribution is -0.0456. The first kappa shape index (κ1) is 17.2. The number of carbonyl (C=O) groups excluding carboxylic acids is 1. The molecule has 118 valence electrons. The standard InChI is InChI=1S/C15H30N2O3/c1-13(2,3)20-12(18)17-11-15(5,10-16)14(4)6-8-19-9-7-14/h6-11,16H2,1-5H3,(H,17,18). The zero-order chi connectivity index (χ0) is 15.4. The van der Waals surface area contributed by atoms with Crippen molar-refractivity contribution in [3.8, 4) is 0 Å². The zero-order valence-corrected chi connectivity index (χ0v) is 13.5. The lowest BCUT2D eigenvalue weighted by atomic mass is 9.61. The Bertz CT molecular complexity index is 333. The third-order valence-electron chi connectivity index (χ3n) is 4.53. The first-order chi connectivity index (χ1) is 9.12. The largest absolute Gasteiger partial charge is 0.444 e. The summed E-state index contributed by atoms with van der Waals surface area (Å²) < 4.78 is 10.7. The fourth-order valence-electron chi connectivity index (χ4n) is 2.54. The van der Waals surface area contributed by atoms with Crippen molar-refractivity contribution in [1.29, 1.82) is 0 Å². The maximum absolute atomic E-state index is 11.8. The van der Waals surface area contributed by atoms with Crippen LogP contribution in [0.2, 0.25) is 0 Å². The van der Waals surface area contributed by atoms with Gasteiger partial charge in [0.05, 0.1) is 0 Å². The average molecular weight is 286 g/mol. The maximum Gasteiger partial charge on any atom is 0.407 e. The highest BCUT2D eigenvalue weighted by Gasteiger charge is 2.44. The predicted octanol–water partition coefficient (Wildman–Crippen LogP) is 2.29. The SMILES string of the molecule is CC(C)(C)OC(=O)NCC(C)(CN)C1(C)CCOCC1. The van der Waals surface area contributed by atoms with Gasteiger partial charge in [0, 0.05) is 25.2 Å². The van der Waals surface area contributed by atoms with Gasteiger partial charge in [0.15, 0.2) is 0 Å². The summed E-state index contributed by atoms with van der Waals surface area (Å²) in [5.74, 6) is 0. The summed E-state index contributed by atoms with van der Waals surface area (Å²) in [6.07, 6.45) is 1.56. The Morgan fingerprint density at radius 3 is 2.30 bits per heavy atom. The Labute approximate surface area is 122 Å². The normalized spacial score (nSPS) is 21.9. The van der Waals surface area contributed by atoms with Crippen molar-refractivity contribution in [1.82, 2.24) is 5.32 Å². The molecule has 5 nitrogen and oxygen atoms in total. The first-order valence-electron chi connectivity index (χ1n) is 7.37. The summed E-state index contributed by atoms with van der Waals surface area (Å²) in [4.78, 5) is 11.8. The number of hydrogen-bond donors (Lipinski definition) is 2. The molecule has 1 fully saturated rings. The van der Waals surface area contributed by atoms with E-state index in [0.29, 0.717) is 13.1 Å². The molecule has 0 bridgehead atoms. The topological polar surface area (TPSA) is 73.6 Å². The van der Waals surface area contributed by atoms with Crippen molar-refractivity contribution < 1.29 is 14.3 Å². The van der Waals surface area contributed by atoms with Gasteiger partial charge in [-0.05, 0) is 45.6 Å². The van der Waals surface area contributed by atoms with E-state index >= 15 is 0 Å². The minimum atomic E-state index is -0.480. The molecule has 0 saturated carbocycles. The highest BCUT2D eigenvalue weighted by atomic mass is 16.6. The Morgan fingerprint density at radius 2 is 1.85 bits per heavy atom. The molecule has 0 spiro atoms. The molecule has 1 aliphatic heterocycles. The van der Waals surface area contributed by atoms with E-state index in [2.05, 4.69) is 19.2 Å². The molecule has 1 unspecified atom stereocenters. The van der Waals surface area contributed by atoms with Crippen LogP contribution in [0, 0.1) is 10.8 Å². The Balaban J connectivity index is 2.63. The van der Waals surface area contributed by atoms with E-state index in [1.165, 1.54) is 0 Å². The first-order valence-corrected chi connectivity index (χ1v) is 7.37.